The van der Waals surface area contributed by atoms with Crippen LogP contribution in [0.15, 0.2) is 11.6 Å². The lowest BCUT2D eigenvalue weighted by atomic mass is 9.71. The highest BCUT2D eigenvalue weighted by Gasteiger charge is 2.44. The van der Waals surface area contributed by atoms with Crippen LogP contribution < -0.4 is 0 Å². The standard InChI is InChI=1S/C11H14O2/c1-11-5-4-10(13)6-8(11)2-3-9(11)7-12/h6-7,9H,2-5H2,1H3/t9?,11-/m0/s1. The minimum Gasteiger partial charge on any atom is -0.303 e. The molecule has 2 aliphatic rings. The number of ketones is 1. The van der Waals surface area contributed by atoms with E-state index < -0.39 is 0 Å². The smallest absolute Gasteiger partial charge is 0.155 e. The van der Waals surface area contributed by atoms with Gasteiger partial charge in [-0.05, 0) is 30.8 Å². The molecular weight excluding hydrogens is 164 g/mol. The lowest BCUT2D eigenvalue weighted by Gasteiger charge is -2.32. The number of carbonyl (C=O) groups excluding carboxylic acids is 2. The SMILES string of the molecule is C[C@]12CCC(=O)C=C1CCC2C=O. The molecule has 1 fully saturated rings. The van der Waals surface area contributed by atoms with E-state index in [9.17, 15) is 9.59 Å². The van der Waals surface area contributed by atoms with Crippen molar-refractivity contribution in [2.24, 2.45) is 11.3 Å². The van der Waals surface area contributed by atoms with Gasteiger partial charge in [0, 0.05) is 12.3 Å². The Balaban J connectivity index is 2.37. The van der Waals surface area contributed by atoms with Crippen LogP contribution in [0.25, 0.3) is 0 Å². The topological polar surface area (TPSA) is 34.1 Å². The van der Waals surface area contributed by atoms with E-state index in [1.54, 1.807) is 6.08 Å². The fourth-order valence-electron chi connectivity index (χ4n) is 2.60. The first-order chi connectivity index (χ1) is 6.16. The van der Waals surface area contributed by atoms with E-state index in [2.05, 4.69) is 6.92 Å². The second-order valence-electron chi connectivity index (χ2n) is 4.33. The van der Waals surface area contributed by atoms with Gasteiger partial charge in [-0.15, -0.1) is 0 Å². The largest absolute Gasteiger partial charge is 0.303 e. The summed E-state index contributed by atoms with van der Waals surface area (Å²) in [5.41, 5.74) is 1.22. The van der Waals surface area contributed by atoms with Gasteiger partial charge in [0.2, 0.25) is 0 Å². The lowest BCUT2D eigenvalue weighted by Crippen LogP contribution is -2.28. The van der Waals surface area contributed by atoms with Crippen molar-refractivity contribution in [2.75, 3.05) is 0 Å². The summed E-state index contributed by atoms with van der Waals surface area (Å²) in [4.78, 5) is 22.0. The molecule has 2 atom stereocenters. The van der Waals surface area contributed by atoms with E-state index >= 15 is 0 Å². The van der Waals surface area contributed by atoms with Crippen LogP contribution in [0.1, 0.15) is 32.6 Å². The predicted octanol–water partition coefficient (Wildman–Crippen LogP) is 1.89. The molecule has 0 N–H and O–H groups in total. The Morgan fingerprint density at radius 1 is 1.54 bits per heavy atom. The molecule has 1 saturated carbocycles. The van der Waals surface area contributed by atoms with Crippen LogP contribution in [0.3, 0.4) is 0 Å². The molecule has 70 valence electrons. The van der Waals surface area contributed by atoms with Crippen molar-refractivity contribution < 1.29 is 9.59 Å². The number of aldehydes is 1. The van der Waals surface area contributed by atoms with Gasteiger partial charge in [-0.25, -0.2) is 0 Å². The van der Waals surface area contributed by atoms with Crippen molar-refractivity contribution in [1.82, 2.24) is 0 Å². The zero-order valence-electron chi connectivity index (χ0n) is 7.88. The zero-order chi connectivity index (χ0) is 9.47. The first kappa shape index (κ1) is 8.67. The number of rotatable bonds is 1. The van der Waals surface area contributed by atoms with Crippen molar-refractivity contribution in [3.05, 3.63) is 11.6 Å². The lowest BCUT2D eigenvalue weighted by molar-refractivity contribution is -0.118. The molecule has 0 radical (unpaired) electrons. The van der Waals surface area contributed by atoms with E-state index in [1.807, 2.05) is 0 Å². The molecule has 0 heterocycles. The molecule has 13 heavy (non-hydrogen) atoms. The summed E-state index contributed by atoms with van der Waals surface area (Å²) in [7, 11) is 0. The Hall–Kier alpha value is -0.920. The summed E-state index contributed by atoms with van der Waals surface area (Å²) in [6, 6.07) is 0. The van der Waals surface area contributed by atoms with Gasteiger partial charge in [0.25, 0.3) is 0 Å². The van der Waals surface area contributed by atoms with Crippen molar-refractivity contribution in [1.29, 1.82) is 0 Å². The molecule has 2 heteroatoms. The highest BCUT2D eigenvalue weighted by Crippen LogP contribution is 2.51. The molecule has 0 aromatic heterocycles. The molecule has 0 spiro atoms. The third-order valence-corrected chi connectivity index (χ3v) is 3.67. The fraction of sp³-hybridized carbons (Fsp3) is 0.636. The van der Waals surface area contributed by atoms with Gasteiger partial charge in [0.05, 0.1) is 0 Å². The number of allylic oxidation sites excluding steroid dienone is 2. The van der Waals surface area contributed by atoms with Crippen LogP contribution in [0.4, 0.5) is 0 Å². The summed E-state index contributed by atoms with van der Waals surface area (Å²) in [5, 5.41) is 0. The van der Waals surface area contributed by atoms with Crippen LogP contribution in [0, 0.1) is 11.3 Å². The second kappa shape index (κ2) is 2.79. The first-order valence-corrected chi connectivity index (χ1v) is 4.86. The minimum absolute atomic E-state index is 0.00958. The van der Waals surface area contributed by atoms with E-state index in [4.69, 9.17) is 0 Å². The van der Waals surface area contributed by atoms with Crippen LogP contribution in [-0.4, -0.2) is 12.1 Å². The van der Waals surface area contributed by atoms with E-state index in [0.717, 1.165) is 25.5 Å². The Morgan fingerprint density at radius 2 is 2.31 bits per heavy atom. The number of fused-ring (bicyclic) bond motifs is 1. The monoisotopic (exact) mass is 178 g/mol. The Morgan fingerprint density at radius 3 is 3.00 bits per heavy atom. The summed E-state index contributed by atoms with van der Waals surface area (Å²) in [5.74, 6) is 0.380. The molecule has 0 bridgehead atoms. The maximum Gasteiger partial charge on any atom is 0.155 e. The minimum atomic E-state index is 0.00958. The molecular formula is C11H14O2. The fourth-order valence-corrected chi connectivity index (χ4v) is 2.60. The predicted molar refractivity (Wildman–Crippen MR) is 49.2 cm³/mol. The Kier molecular flexibility index (Phi) is 1.86. The molecule has 2 nitrogen and oxygen atoms in total. The van der Waals surface area contributed by atoms with Crippen molar-refractivity contribution in [3.8, 4) is 0 Å². The summed E-state index contributed by atoms with van der Waals surface area (Å²) in [6.45, 7) is 2.12. The third kappa shape index (κ3) is 1.16. The van der Waals surface area contributed by atoms with Gasteiger partial charge in [0.1, 0.15) is 6.29 Å². The molecule has 0 amide bonds. The van der Waals surface area contributed by atoms with Crippen LogP contribution in [0.2, 0.25) is 0 Å². The van der Waals surface area contributed by atoms with Gasteiger partial charge in [-0.1, -0.05) is 12.5 Å². The van der Waals surface area contributed by atoms with Crippen molar-refractivity contribution >= 4 is 12.1 Å². The zero-order valence-corrected chi connectivity index (χ0v) is 7.88. The van der Waals surface area contributed by atoms with Crippen LogP contribution in [0.5, 0.6) is 0 Å². The van der Waals surface area contributed by atoms with E-state index in [0.29, 0.717) is 6.42 Å². The van der Waals surface area contributed by atoms with Gasteiger partial charge in [0.15, 0.2) is 5.78 Å². The Labute approximate surface area is 78.0 Å². The highest BCUT2D eigenvalue weighted by molar-refractivity contribution is 5.92. The average molecular weight is 178 g/mol. The van der Waals surface area contributed by atoms with Gasteiger partial charge in [-0.2, -0.15) is 0 Å². The number of hydrogen-bond acceptors (Lipinski definition) is 2. The third-order valence-electron chi connectivity index (χ3n) is 3.67. The molecule has 0 aromatic rings. The van der Waals surface area contributed by atoms with E-state index in [-0.39, 0.29) is 17.1 Å². The van der Waals surface area contributed by atoms with Gasteiger partial charge >= 0.3 is 0 Å². The molecule has 2 rings (SSSR count). The maximum absolute atomic E-state index is 11.2. The molecule has 0 saturated heterocycles. The van der Waals surface area contributed by atoms with Gasteiger partial charge < -0.3 is 4.79 Å². The average Bonchev–Trinajstić information content (AvgIpc) is 2.42. The molecule has 2 aliphatic carbocycles. The van der Waals surface area contributed by atoms with Gasteiger partial charge in [-0.3, -0.25) is 4.79 Å². The first-order valence-electron chi connectivity index (χ1n) is 4.86. The van der Waals surface area contributed by atoms with Crippen molar-refractivity contribution in [3.63, 3.8) is 0 Å². The van der Waals surface area contributed by atoms with Crippen LogP contribution in [-0.2, 0) is 9.59 Å². The quantitative estimate of drug-likeness (QED) is 0.574. The summed E-state index contributed by atoms with van der Waals surface area (Å²) < 4.78 is 0. The normalized spacial score (nSPS) is 38.4. The summed E-state index contributed by atoms with van der Waals surface area (Å²) in [6.07, 6.45) is 6.18. The Bertz CT molecular complexity index is 290. The number of hydrogen-bond donors (Lipinski definition) is 0. The highest BCUT2D eigenvalue weighted by atomic mass is 16.1. The summed E-state index contributed by atoms with van der Waals surface area (Å²) >= 11 is 0. The molecule has 0 aromatic carbocycles. The van der Waals surface area contributed by atoms with Crippen LogP contribution >= 0.6 is 0 Å². The van der Waals surface area contributed by atoms with E-state index in [1.165, 1.54) is 5.57 Å². The maximum atomic E-state index is 11.2. The van der Waals surface area contributed by atoms with Crippen molar-refractivity contribution in [2.45, 2.75) is 32.6 Å². The molecule has 0 aliphatic heterocycles. The molecule has 1 unspecified atom stereocenters. The second-order valence-corrected chi connectivity index (χ2v) is 4.33. The number of carbonyl (C=O) groups is 2.